The van der Waals surface area contributed by atoms with Crippen molar-refractivity contribution < 1.29 is 18.7 Å². The van der Waals surface area contributed by atoms with Gasteiger partial charge < -0.3 is 5.11 Å². The number of aromatic nitrogens is 1. The molecule has 84 valence electrons. The third kappa shape index (κ3) is 2.85. The molecule has 0 amide bonds. The third-order valence-corrected chi connectivity index (χ3v) is 2.66. The predicted molar refractivity (Wildman–Crippen MR) is 58.0 cm³/mol. The number of carbonyl (C=O) groups is 1. The fraction of sp³-hybridized carbons (Fsp3) is 0.222. The summed E-state index contributed by atoms with van der Waals surface area (Å²) in [6.07, 6.45) is -3.18. The second-order valence-corrected chi connectivity index (χ2v) is 3.87. The number of carboxylic acids is 1. The molecule has 16 heavy (non-hydrogen) atoms. The van der Waals surface area contributed by atoms with Gasteiger partial charge in [0.05, 0.1) is 18.1 Å². The normalized spacial score (nSPS) is 10.2. The maximum absolute atomic E-state index is 12.4. The highest BCUT2D eigenvalue weighted by Gasteiger charge is 2.17. The summed E-state index contributed by atoms with van der Waals surface area (Å²) in [6.45, 7) is 0. The number of hydrogen-bond donors (Lipinski definition) is 1. The van der Waals surface area contributed by atoms with E-state index in [0.29, 0.717) is 0 Å². The van der Waals surface area contributed by atoms with E-state index in [2.05, 4.69) is 4.98 Å². The molecule has 0 aliphatic heterocycles. The summed E-state index contributed by atoms with van der Waals surface area (Å²) in [5.74, 6) is -1.14. The van der Waals surface area contributed by atoms with Gasteiger partial charge in [0, 0.05) is 5.56 Å². The van der Waals surface area contributed by atoms with Gasteiger partial charge in [0.2, 0.25) is 0 Å². The average Bonchev–Trinajstić information content (AvgIpc) is 2.19. The minimum absolute atomic E-state index is 0.0721. The number of nitrogens with zero attached hydrogens (tertiary/aromatic N) is 2. The van der Waals surface area contributed by atoms with E-state index in [1.807, 2.05) is 0 Å². The first-order valence-electron chi connectivity index (χ1n) is 4.05. The van der Waals surface area contributed by atoms with Gasteiger partial charge in [0.25, 0.3) is 6.43 Å². The third-order valence-electron chi connectivity index (χ3n) is 1.77. The van der Waals surface area contributed by atoms with E-state index in [4.69, 9.17) is 10.4 Å². The van der Waals surface area contributed by atoms with Crippen LogP contribution in [0.3, 0.4) is 0 Å². The molecular formula is C9H5F2IN2O2. The van der Waals surface area contributed by atoms with Crippen LogP contribution in [0.5, 0.6) is 0 Å². The molecule has 0 aromatic carbocycles. The quantitative estimate of drug-likeness (QED) is 0.677. The van der Waals surface area contributed by atoms with E-state index >= 15 is 0 Å². The van der Waals surface area contributed by atoms with Gasteiger partial charge in [0.15, 0.2) is 0 Å². The van der Waals surface area contributed by atoms with Gasteiger partial charge >= 0.3 is 5.97 Å². The second-order valence-electron chi connectivity index (χ2n) is 2.85. The molecule has 0 saturated carbocycles. The maximum Gasteiger partial charge on any atom is 0.307 e. The summed E-state index contributed by atoms with van der Waals surface area (Å²) in [5, 5.41) is 17.3. The van der Waals surface area contributed by atoms with Crippen LogP contribution in [0.2, 0.25) is 0 Å². The van der Waals surface area contributed by atoms with E-state index in [1.165, 1.54) is 0 Å². The second kappa shape index (κ2) is 5.16. The summed E-state index contributed by atoms with van der Waals surface area (Å²) in [7, 11) is 0. The first-order valence-corrected chi connectivity index (χ1v) is 5.13. The van der Waals surface area contributed by atoms with Crippen LogP contribution in [0, 0.1) is 15.0 Å². The molecule has 0 aliphatic carbocycles. The van der Waals surface area contributed by atoms with Gasteiger partial charge in [-0.15, -0.1) is 0 Å². The van der Waals surface area contributed by atoms with E-state index in [1.54, 1.807) is 28.7 Å². The Kier molecular flexibility index (Phi) is 4.12. The van der Waals surface area contributed by atoms with Crippen molar-refractivity contribution in [1.29, 1.82) is 5.26 Å². The lowest BCUT2D eigenvalue weighted by atomic mass is 10.1. The largest absolute Gasteiger partial charge is 0.481 e. The molecule has 1 N–H and O–H groups in total. The van der Waals surface area contributed by atoms with Crippen LogP contribution in [-0.4, -0.2) is 16.1 Å². The Labute approximate surface area is 103 Å². The molecule has 0 spiro atoms. The number of pyridine rings is 1. The summed E-state index contributed by atoms with van der Waals surface area (Å²) in [6, 6.07) is 2.62. The molecule has 1 rings (SSSR count). The van der Waals surface area contributed by atoms with Crippen LogP contribution in [0.4, 0.5) is 8.78 Å². The van der Waals surface area contributed by atoms with Crippen LogP contribution in [-0.2, 0) is 11.2 Å². The lowest BCUT2D eigenvalue weighted by Gasteiger charge is -2.06. The van der Waals surface area contributed by atoms with Crippen LogP contribution >= 0.6 is 22.6 Å². The smallest absolute Gasteiger partial charge is 0.307 e. The topological polar surface area (TPSA) is 74.0 Å². The predicted octanol–water partition coefficient (Wildman–Crippen LogP) is 2.12. The molecule has 0 aliphatic rings. The fourth-order valence-electron chi connectivity index (χ4n) is 1.09. The van der Waals surface area contributed by atoms with Crippen molar-refractivity contribution in [1.82, 2.24) is 4.98 Å². The van der Waals surface area contributed by atoms with Gasteiger partial charge in [-0.25, -0.2) is 13.8 Å². The molecule has 0 fully saturated rings. The van der Waals surface area contributed by atoms with Crippen molar-refractivity contribution >= 4 is 28.6 Å². The minimum Gasteiger partial charge on any atom is -0.481 e. The number of carboxylic acid groups (broad SMARTS) is 1. The molecule has 7 heteroatoms. The summed E-state index contributed by atoms with van der Waals surface area (Å²) < 4.78 is 24.9. The molecule has 0 saturated heterocycles. The van der Waals surface area contributed by atoms with Crippen LogP contribution in [0.15, 0.2) is 6.07 Å². The van der Waals surface area contributed by atoms with Gasteiger partial charge in [-0.05, 0) is 28.7 Å². The van der Waals surface area contributed by atoms with Gasteiger partial charge in [-0.2, -0.15) is 5.26 Å². The highest BCUT2D eigenvalue weighted by molar-refractivity contribution is 14.1. The molecule has 1 aromatic rings. The number of hydrogen-bond acceptors (Lipinski definition) is 3. The summed E-state index contributed by atoms with van der Waals surface area (Å²) in [5.41, 5.74) is -0.424. The molecule has 1 heterocycles. The Morgan fingerprint density at radius 3 is 2.75 bits per heavy atom. The first kappa shape index (κ1) is 12.8. The van der Waals surface area contributed by atoms with Crippen LogP contribution in [0.25, 0.3) is 0 Å². The molecular weight excluding hydrogens is 333 g/mol. The van der Waals surface area contributed by atoms with E-state index in [0.717, 1.165) is 6.07 Å². The van der Waals surface area contributed by atoms with Crippen molar-refractivity contribution in [3.63, 3.8) is 0 Å². The number of rotatable bonds is 3. The average molecular weight is 338 g/mol. The Morgan fingerprint density at radius 2 is 2.31 bits per heavy atom. The van der Waals surface area contributed by atoms with E-state index in [-0.39, 0.29) is 14.8 Å². The molecule has 0 bridgehead atoms. The van der Waals surface area contributed by atoms with Crippen molar-refractivity contribution in [2.45, 2.75) is 12.8 Å². The number of halogens is 3. The summed E-state index contributed by atoms with van der Waals surface area (Å²) >= 11 is 1.64. The Hall–Kier alpha value is -1.30. The molecule has 1 aromatic heterocycles. The van der Waals surface area contributed by atoms with Crippen molar-refractivity contribution in [3.8, 4) is 6.07 Å². The Balaban J connectivity index is 3.30. The molecule has 0 atom stereocenters. The molecule has 0 radical (unpaired) electrons. The Bertz CT molecular complexity index is 471. The first-order chi connectivity index (χ1) is 7.45. The fourth-order valence-corrected chi connectivity index (χ4v) is 1.85. The molecule has 0 unspecified atom stereocenters. The highest BCUT2D eigenvalue weighted by Crippen LogP contribution is 2.23. The number of nitriles is 1. The van der Waals surface area contributed by atoms with Gasteiger partial charge in [0.1, 0.15) is 9.39 Å². The maximum atomic E-state index is 12.4. The van der Waals surface area contributed by atoms with Crippen molar-refractivity contribution in [2.75, 3.05) is 0 Å². The SMILES string of the molecule is N#Cc1cc(C(F)F)nc(I)c1CC(=O)O. The zero-order valence-electron chi connectivity index (χ0n) is 7.75. The number of alkyl halides is 2. The van der Waals surface area contributed by atoms with Gasteiger partial charge in [-0.1, -0.05) is 0 Å². The Morgan fingerprint density at radius 1 is 1.69 bits per heavy atom. The minimum atomic E-state index is -2.78. The monoisotopic (exact) mass is 338 g/mol. The molecule has 4 nitrogen and oxygen atoms in total. The van der Waals surface area contributed by atoms with Crippen molar-refractivity contribution in [2.24, 2.45) is 0 Å². The van der Waals surface area contributed by atoms with Crippen LogP contribution < -0.4 is 0 Å². The number of aliphatic carboxylic acids is 1. The van der Waals surface area contributed by atoms with E-state index in [9.17, 15) is 13.6 Å². The zero-order valence-corrected chi connectivity index (χ0v) is 9.90. The summed E-state index contributed by atoms with van der Waals surface area (Å²) in [4.78, 5) is 14.1. The van der Waals surface area contributed by atoms with Crippen LogP contribution in [0.1, 0.15) is 23.2 Å². The standard InChI is InChI=1S/C9H5F2IN2O2/c10-8(11)6-1-4(3-13)5(2-7(15)16)9(12)14-6/h1,8H,2H2,(H,15,16). The lowest BCUT2D eigenvalue weighted by molar-refractivity contribution is -0.136. The van der Waals surface area contributed by atoms with Crippen molar-refractivity contribution in [3.05, 3.63) is 26.6 Å². The van der Waals surface area contributed by atoms with E-state index < -0.39 is 24.5 Å². The zero-order chi connectivity index (χ0) is 12.3. The highest BCUT2D eigenvalue weighted by atomic mass is 127. The van der Waals surface area contributed by atoms with Gasteiger partial charge in [-0.3, -0.25) is 4.79 Å². The lowest BCUT2D eigenvalue weighted by Crippen LogP contribution is -2.08.